The summed E-state index contributed by atoms with van der Waals surface area (Å²) in [7, 11) is 1.51. The van der Waals surface area contributed by atoms with Gasteiger partial charge in [-0.05, 0) is 43.2 Å². The number of unbranched alkanes of at least 4 members (excludes halogenated alkanes) is 1. The lowest BCUT2D eigenvalue weighted by atomic mass is 9.95. The second-order valence-electron chi connectivity index (χ2n) is 8.54. The van der Waals surface area contributed by atoms with Crippen LogP contribution in [0.15, 0.2) is 64.3 Å². The number of nitrogens with zero attached hydrogens (tertiary/aromatic N) is 3. The Morgan fingerprint density at radius 1 is 1.19 bits per heavy atom. The van der Waals surface area contributed by atoms with Gasteiger partial charge in [-0.2, -0.15) is 0 Å². The highest BCUT2D eigenvalue weighted by Crippen LogP contribution is 2.44. The summed E-state index contributed by atoms with van der Waals surface area (Å²) in [6.07, 6.45) is 1.88. The molecule has 0 bridgehead atoms. The largest absolute Gasteiger partial charge is 0.503 e. The Labute approximate surface area is 216 Å². The van der Waals surface area contributed by atoms with Gasteiger partial charge in [0.2, 0.25) is 10.9 Å². The molecule has 0 aliphatic carbocycles. The van der Waals surface area contributed by atoms with E-state index in [1.807, 2.05) is 6.07 Å². The number of aryl methyl sites for hydroxylation is 1. The normalized spacial score (nSPS) is 15.6. The molecule has 190 valence electrons. The Morgan fingerprint density at radius 2 is 2.00 bits per heavy atom. The molecule has 0 fully saturated rings. The number of amides is 1. The predicted octanol–water partition coefficient (Wildman–Crippen LogP) is 5.56. The smallest absolute Gasteiger partial charge is 0.296 e. The Morgan fingerprint density at radius 3 is 2.73 bits per heavy atom. The number of carbonyl (C=O) groups excluding carboxylic acids is 2. The first kappa shape index (κ1) is 24.5. The summed E-state index contributed by atoms with van der Waals surface area (Å²) in [5.74, 6) is -0.974. The second-order valence-corrected chi connectivity index (χ2v) is 9.70. The lowest BCUT2D eigenvalue weighted by molar-refractivity contribution is -0.117. The number of aliphatic hydroxyl groups excluding tert-OH is 1. The summed E-state index contributed by atoms with van der Waals surface area (Å²) in [4.78, 5) is 28.5. The molecule has 1 aliphatic heterocycles. The highest BCUT2D eigenvalue weighted by Gasteiger charge is 2.46. The van der Waals surface area contributed by atoms with Gasteiger partial charge in [0.15, 0.2) is 22.9 Å². The van der Waals surface area contributed by atoms with Crippen LogP contribution in [0.3, 0.4) is 0 Å². The van der Waals surface area contributed by atoms with Gasteiger partial charge in [-0.1, -0.05) is 48.9 Å². The molecule has 1 N–H and O–H groups in total. The van der Waals surface area contributed by atoms with Crippen LogP contribution in [0.4, 0.5) is 5.13 Å². The van der Waals surface area contributed by atoms with Gasteiger partial charge in [-0.25, -0.2) is 0 Å². The van der Waals surface area contributed by atoms with Gasteiger partial charge in [-0.15, -0.1) is 10.2 Å². The van der Waals surface area contributed by atoms with E-state index in [1.165, 1.54) is 23.3 Å². The average Bonchev–Trinajstić information content (AvgIpc) is 3.60. The minimum Gasteiger partial charge on any atom is -0.503 e. The van der Waals surface area contributed by atoms with Crippen LogP contribution < -0.4 is 14.4 Å². The Bertz CT molecular complexity index is 1520. The van der Waals surface area contributed by atoms with Crippen LogP contribution in [0.25, 0.3) is 11.0 Å². The van der Waals surface area contributed by atoms with Crippen molar-refractivity contribution in [3.8, 4) is 11.5 Å². The summed E-state index contributed by atoms with van der Waals surface area (Å²) >= 11 is 1.19. The van der Waals surface area contributed by atoms with Crippen molar-refractivity contribution in [2.45, 2.75) is 32.7 Å². The van der Waals surface area contributed by atoms with E-state index < -0.39 is 23.5 Å². The number of aliphatic hydroxyl groups is 1. The molecule has 4 aromatic rings. The summed E-state index contributed by atoms with van der Waals surface area (Å²) in [6, 6.07) is 13.1. The fraction of sp³-hybridized carbons (Fsp3) is 0.259. The number of methoxy groups -OCH3 is 1. The maximum absolute atomic E-state index is 13.8. The van der Waals surface area contributed by atoms with E-state index in [4.69, 9.17) is 13.9 Å². The first-order valence-electron chi connectivity index (χ1n) is 11.8. The standard InChI is InChI=1S/C27H25N3O6S/c1-4-5-12-35-18-10-6-8-16(13-18)22-21(24(32)26(33)30(22)27-29-28-15(2)37-27)23(31)20-14-17-9-7-11-19(34-3)25(17)36-20/h6-11,13-14,22,32H,4-5,12H2,1-3H3. The number of Topliss-reactive ketones (excluding diaryl/α,β-unsaturated/α-hetero) is 1. The van der Waals surface area contributed by atoms with Gasteiger partial charge in [0.05, 0.1) is 25.3 Å². The van der Waals surface area contributed by atoms with Gasteiger partial charge < -0.3 is 19.0 Å². The van der Waals surface area contributed by atoms with E-state index in [0.717, 1.165) is 12.8 Å². The second kappa shape index (κ2) is 10.1. The molecule has 1 amide bonds. The Hall–Kier alpha value is -4.18. The molecule has 1 unspecified atom stereocenters. The number of carbonyl (C=O) groups is 2. The topological polar surface area (TPSA) is 115 Å². The highest BCUT2D eigenvalue weighted by atomic mass is 32.1. The summed E-state index contributed by atoms with van der Waals surface area (Å²) < 4.78 is 17.1. The molecular weight excluding hydrogens is 494 g/mol. The Kier molecular flexibility index (Phi) is 6.66. The molecule has 2 aromatic heterocycles. The highest BCUT2D eigenvalue weighted by molar-refractivity contribution is 7.15. The molecule has 37 heavy (non-hydrogen) atoms. The molecule has 0 saturated heterocycles. The van der Waals surface area contributed by atoms with Crippen LogP contribution in [0, 0.1) is 6.92 Å². The number of hydrogen-bond donors (Lipinski definition) is 1. The van der Waals surface area contributed by atoms with E-state index >= 15 is 0 Å². The molecular formula is C27H25N3O6S. The van der Waals surface area contributed by atoms with Crippen molar-refractivity contribution in [3.05, 3.63) is 76.2 Å². The molecule has 3 heterocycles. The van der Waals surface area contributed by atoms with Gasteiger partial charge in [-0.3, -0.25) is 14.5 Å². The van der Waals surface area contributed by atoms with Crippen molar-refractivity contribution in [2.75, 3.05) is 18.6 Å². The average molecular weight is 520 g/mol. The van der Waals surface area contributed by atoms with E-state index in [9.17, 15) is 14.7 Å². The molecule has 2 aromatic carbocycles. The van der Waals surface area contributed by atoms with E-state index in [-0.39, 0.29) is 16.5 Å². The molecule has 0 saturated carbocycles. The van der Waals surface area contributed by atoms with Crippen LogP contribution in [0.2, 0.25) is 0 Å². The number of ether oxygens (including phenoxy) is 2. The lowest BCUT2D eigenvalue weighted by Gasteiger charge is -2.24. The fourth-order valence-electron chi connectivity index (χ4n) is 4.28. The molecule has 1 atom stereocenters. The molecule has 5 rings (SSSR count). The number of ketones is 1. The molecule has 1 aliphatic rings. The van der Waals surface area contributed by atoms with Crippen molar-refractivity contribution >= 4 is 39.1 Å². The number of fused-ring (bicyclic) bond motifs is 1. The number of rotatable bonds is 9. The van der Waals surface area contributed by atoms with Gasteiger partial charge in [0, 0.05) is 5.39 Å². The molecule has 0 radical (unpaired) electrons. The first-order chi connectivity index (χ1) is 17.9. The zero-order chi connectivity index (χ0) is 26.1. The van der Waals surface area contributed by atoms with Crippen molar-refractivity contribution in [2.24, 2.45) is 0 Å². The maximum atomic E-state index is 13.8. The van der Waals surface area contributed by atoms with Crippen molar-refractivity contribution < 1.29 is 28.6 Å². The van der Waals surface area contributed by atoms with Gasteiger partial charge in [0.1, 0.15) is 10.8 Å². The third-order valence-electron chi connectivity index (χ3n) is 6.07. The minimum absolute atomic E-state index is 0.0236. The summed E-state index contributed by atoms with van der Waals surface area (Å²) in [5, 5.41) is 20.7. The van der Waals surface area contributed by atoms with E-state index in [1.54, 1.807) is 49.4 Å². The molecule has 10 heteroatoms. The zero-order valence-electron chi connectivity index (χ0n) is 20.6. The monoisotopic (exact) mass is 519 g/mol. The third-order valence-corrected chi connectivity index (χ3v) is 6.90. The Balaban J connectivity index is 1.61. The van der Waals surface area contributed by atoms with Crippen LogP contribution >= 0.6 is 11.3 Å². The summed E-state index contributed by atoms with van der Waals surface area (Å²) in [5.41, 5.74) is 0.870. The van der Waals surface area contributed by atoms with Crippen LogP contribution in [0.1, 0.15) is 46.9 Å². The number of anilines is 1. The maximum Gasteiger partial charge on any atom is 0.296 e. The first-order valence-corrected chi connectivity index (χ1v) is 12.6. The molecule has 0 spiro atoms. The van der Waals surface area contributed by atoms with Crippen LogP contribution in [-0.4, -0.2) is 40.7 Å². The number of benzene rings is 2. The quantitative estimate of drug-likeness (QED) is 0.226. The number of aromatic nitrogens is 2. The SMILES string of the molecule is CCCCOc1cccc(C2C(C(=O)c3cc4cccc(OC)c4o3)=C(O)C(=O)N2c2nnc(C)s2)c1. The van der Waals surface area contributed by atoms with Crippen molar-refractivity contribution in [1.82, 2.24) is 10.2 Å². The lowest BCUT2D eigenvalue weighted by Crippen LogP contribution is -2.31. The van der Waals surface area contributed by atoms with Crippen LogP contribution in [-0.2, 0) is 4.79 Å². The van der Waals surface area contributed by atoms with Gasteiger partial charge in [0.25, 0.3) is 5.91 Å². The third kappa shape index (κ3) is 4.44. The number of hydrogen-bond acceptors (Lipinski definition) is 9. The molecule has 9 nitrogen and oxygen atoms in total. The predicted molar refractivity (Wildman–Crippen MR) is 138 cm³/mol. The summed E-state index contributed by atoms with van der Waals surface area (Å²) in [6.45, 7) is 4.38. The zero-order valence-corrected chi connectivity index (χ0v) is 21.4. The fourth-order valence-corrected chi connectivity index (χ4v) is 5.00. The van der Waals surface area contributed by atoms with Gasteiger partial charge >= 0.3 is 0 Å². The minimum atomic E-state index is -0.961. The van der Waals surface area contributed by atoms with Crippen molar-refractivity contribution in [1.29, 1.82) is 0 Å². The van der Waals surface area contributed by atoms with E-state index in [0.29, 0.717) is 39.6 Å². The van der Waals surface area contributed by atoms with E-state index in [2.05, 4.69) is 17.1 Å². The van der Waals surface area contributed by atoms with Crippen molar-refractivity contribution in [3.63, 3.8) is 0 Å². The van der Waals surface area contributed by atoms with Crippen LogP contribution in [0.5, 0.6) is 11.5 Å². The number of furan rings is 1. The number of para-hydroxylation sites is 1.